The van der Waals surface area contributed by atoms with E-state index in [0.29, 0.717) is 5.16 Å². The summed E-state index contributed by atoms with van der Waals surface area (Å²) in [4.78, 5) is 30.6. The second kappa shape index (κ2) is 5.77. The Balaban J connectivity index is 1.53. The maximum atomic E-state index is 11.7. The summed E-state index contributed by atoms with van der Waals surface area (Å²) in [5.41, 5.74) is 2.97. The standard InChI is InChI=1S/C14H16N4O2S/c1-8-2-5-10-11(6-8)17-14(16-10)21-7-12(19)18-13(20)15-9-3-4-9/h2,5-6,9H,3-4,7H2,1H3,(H,16,17)(H2,15,18,19,20). The largest absolute Gasteiger partial charge is 0.335 e. The number of imide groups is 1. The first kappa shape index (κ1) is 13.9. The van der Waals surface area contributed by atoms with Crippen molar-refractivity contribution < 1.29 is 9.59 Å². The minimum absolute atomic E-state index is 0.150. The molecule has 1 saturated carbocycles. The van der Waals surface area contributed by atoms with Gasteiger partial charge < -0.3 is 10.3 Å². The number of aryl methyl sites for hydroxylation is 1. The lowest BCUT2D eigenvalue weighted by Crippen LogP contribution is -2.41. The van der Waals surface area contributed by atoms with Crippen molar-refractivity contribution in [2.24, 2.45) is 0 Å². The summed E-state index contributed by atoms with van der Waals surface area (Å²) < 4.78 is 0. The molecule has 1 aliphatic carbocycles. The van der Waals surface area contributed by atoms with Gasteiger partial charge in [-0.3, -0.25) is 10.1 Å². The van der Waals surface area contributed by atoms with E-state index in [4.69, 9.17) is 0 Å². The van der Waals surface area contributed by atoms with Crippen molar-refractivity contribution in [1.29, 1.82) is 0 Å². The Labute approximate surface area is 126 Å². The monoisotopic (exact) mass is 304 g/mol. The Bertz CT molecular complexity index is 693. The number of benzene rings is 1. The van der Waals surface area contributed by atoms with Crippen LogP contribution in [-0.2, 0) is 4.79 Å². The second-order valence-corrected chi connectivity index (χ2v) is 6.11. The van der Waals surface area contributed by atoms with Crippen LogP contribution in [0.5, 0.6) is 0 Å². The van der Waals surface area contributed by atoms with E-state index in [1.54, 1.807) is 0 Å². The van der Waals surface area contributed by atoms with Gasteiger partial charge in [0, 0.05) is 6.04 Å². The smallest absolute Gasteiger partial charge is 0.321 e. The minimum Gasteiger partial charge on any atom is -0.335 e. The minimum atomic E-state index is -0.414. The fourth-order valence-corrected chi connectivity index (χ4v) is 2.60. The van der Waals surface area contributed by atoms with Gasteiger partial charge in [-0.25, -0.2) is 9.78 Å². The van der Waals surface area contributed by atoms with Crippen molar-refractivity contribution in [1.82, 2.24) is 20.6 Å². The van der Waals surface area contributed by atoms with Gasteiger partial charge in [0.1, 0.15) is 0 Å². The van der Waals surface area contributed by atoms with Crippen LogP contribution in [0.3, 0.4) is 0 Å². The normalized spacial score (nSPS) is 14.1. The van der Waals surface area contributed by atoms with Gasteiger partial charge in [-0.05, 0) is 37.5 Å². The van der Waals surface area contributed by atoms with Crippen LogP contribution in [0.15, 0.2) is 23.4 Å². The number of fused-ring (bicyclic) bond motifs is 1. The maximum Gasteiger partial charge on any atom is 0.321 e. The fraction of sp³-hybridized carbons (Fsp3) is 0.357. The van der Waals surface area contributed by atoms with Crippen molar-refractivity contribution in [3.8, 4) is 0 Å². The number of carbonyl (C=O) groups is 2. The molecule has 6 nitrogen and oxygen atoms in total. The first-order valence-corrected chi connectivity index (χ1v) is 7.78. The summed E-state index contributed by atoms with van der Waals surface area (Å²) in [5, 5.41) is 5.69. The molecule has 110 valence electrons. The van der Waals surface area contributed by atoms with Crippen LogP contribution < -0.4 is 10.6 Å². The average molecular weight is 304 g/mol. The number of nitrogens with zero attached hydrogens (tertiary/aromatic N) is 1. The summed E-state index contributed by atoms with van der Waals surface area (Å²) >= 11 is 1.28. The van der Waals surface area contributed by atoms with Gasteiger partial charge in [-0.15, -0.1) is 0 Å². The molecule has 2 aromatic rings. The number of hydrogen-bond donors (Lipinski definition) is 3. The van der Waals surface area contributed by atoms with Crippen LogP contribution in [0, 0.1) is 6.92 Å². The molecule has 1 heterocycles. The van der Waals surface area contributed by atoms with Gasteiger partial charge in [0.05, 0.1) is 16.8 Å². The summed E-state index contributed by atoms with van der Waals surface area (Å²) in [5.74, 6) is -0.175. The molecule has 3 N–H and O–H groups in total. The first-order chi connectivity index (χ1) is 10.1. The van der Waals surface area contributed by atoms with E-state index in [1.807, 2.05) is 25.1 Å². The Hall–Kier alpha value is -2.02. The quantitative estimate of drug-likeness (QED) is 0.754. The number of H-pyrrole nitrogens is 1. The molecule has 1 aliphatic rings. The SMILES string of the molecule is Cc1ccc2nc(SCC(=O)NC(=O)NC3CC3)[nH]c2c1. The predicted molar refractivity (Wildman–Crippen MR) is 81.3 cm³/mol. The summed E-state index contributed by atoms with van der Waals surface area (Å²) in [6.45, 7) is 2.01. The topological polar surface area (TPSA) is 86.9 Å². The van der Waals surface area contributed by atoms with Crippen LogP contribution in [0.25, 0.3) is 11.0 Å². The van der Waals surface area contributed by atoms with Crippen LogP contribution in [0.1, 0.15) is 18.4 Å². The molecule has 21 heavy (non-hydrogen) atoms. The number of hydrogen-bond acceptors (Lipinski definition) is 4. The van der Waals surface area contributed by atoms with E-state index < -0.39 is 6.03 Å². The van der Waals surface area contributed by atoms with E-state index in [0.717, 1.165) is 29.4 Å². The van der Waals surface area contributed by atoms with E-state index in [1.165, 1.54) is 11.8 Å². The lowest BCUT2D eigenvalue weighted by atomic mass is 10.2. The van der Waals surface area contributed by atoms with Gasteiger partial charge in [-0.2, -0.15) is 0 Å². The average Bonchev–Trinajstić information content (AvgIpc) is 3.13. The molecule has 0 spiro atoms. The molecule has 1 aromatic carbocycles. The highest BCUT2D eigenvalue weighted by molar-refractivity contribution is 7.99. The third-order valence-corrected chi connectivity index (χ3v) is 3.99. The van der Waals surface area contributed by atoms with Crippen LogP contribution in [-0.4, -0.2) is 33.7 Å². The number of urea groups is 1. The highest BCUT2D eigenvalue weighted by atomic mass is 32.2. The van der Waals surface area contributed by atoms with Crippen molar-refractivity contribution in [3.63, 3.8) is 0 Å². The number of imidazole rings is 1. The number of aromatic amines is 1. The Kier molecular flexibility index (Phi) is 3.83. The molecule has 1 fully saturated rings. The molecule has 1 aromatic heterocycles. The number of amides is 3. The highest BCUT2D eigenvalue weighted by Crippen LogP contribution is 2.20. The lowest BCUT2D eigenvalue weighted by Gasteiger charge is -2.04. The molecule has 0 radical (unpaired) electrons. The Morgan fingerprint density at radius 2 is 2.24 bits per heavy atom. The van der Waals surface area contributed by atoms with Crippen molar-refractivity contribution >= 4 is 34.7 Å². The molecule has 0 aliphatic heterocycles. The molecule has 0 atom stereocenters. The van der Waals surface area contributed by atoms with Gasteiger partial charge >= 0.3 is 6.03 Å². The number of nitrogens with one attached hydrogen (secondary N) is 3. The van der Waals surface area contributed by atoms with Gasteiger partial charge in [0.2, 0.25) is 5.91 Å². The molecule has 3 amide bonds. The second-order valence-electron chi connectivity index (χ2n) is 5.15. The number of carbonyl (C=O) groups excluding carboxylic acids is 2. The third-order valence-electron chi connectivity index (χ3n) is 3.12. The zero-order valence-electron chi connectivity index (χ0n) is 11.6. The van der Waals surface area contributed by atoms with Crippen molar-refractivity contribution in [3.05, 3.63) is 23.8 Å². The van der Waals surface area contributed by atoms with Gasteiger partial charge in [0.15, 0.2) is 5.16 Å². The van der Waals surface area contributed by atoms with Gasteiger partial charge in [0.25, 0.3) is 0 Å². The van der Waals surface area contributed by atoms with Crippen molar-refractivity contribution in [2.75, 3.05) is 5.75 Å². The fourth-order valence-electron chi connectivity index (χ4n) is 1.91. The van der Waals surface area contributed by atoms with Crippen LogP contribution >= 0.6 is 11.8 Å². The molecule has 0 unspecified atom stereocenters. The molecule has 0 saturated heterocycles. The summed E-state index contributed by atoms with van der Waals surface area (Å²) in [6, 6.07) is 5.77. The molecular formula is C14H16N4O2S. The summed E-state index contributed by atoms with van der Waals surface area (Å²) in [7, 11) is 0. The maximum absolute atomic E-state index is 11.7. The zero-order chi connectivity index (χ0) is 14.8. The summed E-state index contributed by atoms with van der Waals surface area (Å²) in [6.07, 6.45) is 1.99. The first-order valence-electron chi connectivity index (χ1n) is 6.80. The van der Waals surface area contributed by atoms with Crippen LogP contribution in [0.4, 0.5) is 4.79 Å². The van der Waals surface area contributed by atoms with Crippen LogP contribution in [0.2, 0.25) is 0 Å². The highest BCUT2D eigenvalue weighted by Gasteiger charge is 2.23. The van der Waals surface area contributed by atoms with Crippen molar-refractivity contribution in [2.45, 2.75) is 31.0 Å². The molecule has 0 bridgehead atoms. The zero-order valence-corrected chi connectivity index (χ0v) is 12.4. The molecular weight excluding hydrogens is 288 g/mol. The number of rotatable bonds is 4. The van der Waals surface area contributed by atoms with E-state index in [2.05, 4.69) is 20.6 Å². The van der Waals surface area contributed by atoms with E-state index in [-0.39, 0.29) is 17.7 Å². The van der Waals surface area contributed by atoms with E-state index >= 15 is 0 Å². The molecule has 3 rings (SSSR count). The molecule has 7 heteroatoms. The lowest BCUT2D eigenvalue weighted by molar-refractivity contribution is -0.117. The Morgan fingerprint density at radius 3 is 3.00 bits per heavy atom. The number of aromatic nitrogens is 2. The van der Waals surface area contributed by atoms with Gasteiger partial charge in [-0.1, -0.05) is 17.8 Å². The Morgan fingerprint density at radius 1 is 1.43 bits per heavy atom. The number of thioether (sulfide) groups is 1. The van der Waals surface area contributed by atoms with E-state index in [9.17, 15) is 9.59 Å². The predicted octanol–water partition coefficient (Wildman–Crippen LogP) is 1.95. The third kappa shape index (κ3) is 3.75.